The van der Waals surface area contributed by atoms with Crippen molar-refractivity contribution in [1.29, 1.82) is 0 Å². The van der Waals surface area contributed by atoms with Crippen molar-refractivity contribution in [3.8, 4) is 0 Å². The Balaban J connectivity index is 3.01. The van der Waals surface area contributed by atoms with Gasteiger partial charge in [0.05, 0.1) is 5.54 Å². The predicted molar refractivity (Wildman–Crippen MR) is 45.2 cm³/mol. The summed E-state index contributed by atoms with van der Waals surface area (Å²) in [6.07, 6.45) is 1.67. The minimum absolute atomic E-state index is 0.547. The highest BCUT2D eigenvalue weighted by Crippen LogP contribution is 2.20. The van der Waals surface area contributed by atoms with Gasteiger partial charge in [-0.1, -0.05) is 6.08 Å². The largest absolute Gasteiger partial charge is 0.464 e. The third-order valence-corrected chi connectivity index (χ3v) is 1.70. The molecular formula is C9H13NO. The fraction of sp³-hybridized carbons (Fsp3) is 0.333. The zero-order valence-corrected chi connectivity index (χ0v) is 6.92. The molecule has 2 heteroatoms. The van der Waals surface area contributed by atoms with E-state index in [2.05, 4.69) is 6.58 Å². The Kier molecular flexibility index (Phi) is 1.87. The van der Waals surface area contributed by atoms with Gasteiger partial charge in [-0.05, 0) is 26.0 Å². The predicted octanol–water partition coefficient (Wildman–Crippen LogP) is 1.95. The van der Waals surface area contributed by atoms with Crippen LogP contribution in [-0.2, 0) is 5.54 Å². The summed E-state index contributed by atoms with van der Waals surface area (Å²) in [6.45, 7) is 7.38. The average molecular weight is 151 g/mol. The molecule has 2 nitrogen and oxygen atoms in total. The maximum absolute atomic E-state index is 5.84. The molecule has 0 fully saturated rings. The lowest BCUT2D eigenvalue weighted by Gasteiger charge is -2.15. The van der Waals surface area contributed by atoms with Gasteiger partial charge in [0.2, 0.25) is 0 Å². The van der Waals surface area contributed by atoms with Gasteiger partial charge in [-0.15, -0.1) is 6.58 Å². The lowest BCUT2D eigenvalue weighted by atomic mass is 10.0. The maximum atomic E-state index is 5.84. The molecule has 0 radical (unpaired) electrons. The normalized spacial score (nSPS) is 15.9. The first-order valence-corrected chi connectivity index (χ1v) is 3.55. The standard InChI is InChI=1S/C9H13NO/c1-4-9(3,10)8-6-5-7(2)11-8/h4-6H,1,10H2,2-3H3/t9-/m1/s1. The molecule has 1 aromatic heterocycles. The molecule has 0 bridgehead atoms. The van der Waals surface area contributed by atoms with Gasteiger partial charge < -0.3 is 10.2 Å². The van der Waals surface area contributed by atoms with E-state index in [-0.39, 0.29) is 0 Å². The molecule has 0 saturated carbocycles. The number of rotatable bonds is 2. The van der Waals surface area contributed by atoms with Gasteiger partial charge in [0.25, 0.3) is 0 Å². The molecule has 11 heavy (non-hydrogen) atoms. The molecule has 1 heterocycles. The molecule has 0 amide bonds. The number of hydrogen-bond donors (Lipinski definition) is 1. The summed E-state index contributed by atoms with van der Waals surface area (Å²) in [5.74, 6) is 1.63. The van der Waals surface area contributed by atoms with Crippen LogP contribution in [0.3, 0.4) is 0 Å². The van der Waals surface area contributed by atoms with Gasteiger partial charge in [0, 0.05) is 0 Å². The van der Waals surface area contributed by atoms with Crippen LogP contribution in [0.25, 0.3) is 0 Å². The number of furan rings is 1. The van der Waals surface area contributed by atoms with E-state index < -0.39 is 5.54 Å². The van der Waals surface area contributed by atoms with Crippen LogP contribution >= 0.6 is 0 Å². The summed E-state index contributed by atoms with van der Waals surface area (Å²) in [6, 6.07) is 3.76. The third kappa shape index (κ3) is 1.52. The number of nitrogens with two attached hydrogens (primary N) is 1. The second-order valence-electron chi connectivity index (χ2n) is 2.90. The summed E-state index contributed by atoms with van der Waals surface area (Å²) in [4.78, 5) is 0. The molecule has 1 atom stereocenters. The van der Waals surface area contributed by atoms with Crippen LogP contribution in [0.4, 0.5) is 0 Å². The van der Waals surface area contributed by atoms with Crippen LogP contribution in [0.15, 0.2) is 29.2 Å². The van der Waals surface area contributed by atoms with Crippen LogP contribution < -0.4 is 5.73 Å². The van der Waals surface area contributed by atoms with Crippen LogP contribution in [0.1, 0.15) is 18.4 Å². The Bertz CT molecular complexity index is 260. The van der Waals surface area contributed by atoms with Gasteiger partial charge in [-0.2, -0.15) is 0 Å². The number of hydrogen-bond acceptors (Lipinski definition) is 2. The molecule has 2 N–H and O–H groups in total. The Hall–Kier alpha value is -1.02. The SMILES string of the molecule is C=C[C@@](C)(N)c1ccc(C)o1. The molecule has 0 aliphatic carbocycles. The molecule has 0 saturated heterocycles. The molecule has 0 aromatic carbocycles. The van der Waals surface area contributed by atoms with Crippen molar-refractivity contribution < 1.29 is 4.42 Å². The molecule has 0 aliphatic rings. The molecule has 0 unspecified atom stereocenters. The van der Waals surface area contributed by atoms with Crippen molar-refractivity contribution in [2.75, 3.05) is 0 Å². The molecule has 60 valence electrons. The van der Waals surface area contributed by atoms with Gasteiger partial charge in [0.15, 0.2) is 0 Å². The summed E-state index contributed by atoms with van der Waals surface area (Å²) < 4.78 is 5.34. The van der Waals surface area contributed by atoms with Crippen LogP contribution in [-0.4, -0.2) is 0 Å². The highest BCUT2D eigenvalue weighted by molar-refractivity contribution is 5.19. The highest BCUT2D eigenvalue weighted by atomic mass is 16.3. The quantitative estimate of drug-likeness (QED) is 0.656. The lowest BCUT2D eigenvalue weighted by Crippen LogP contribution is -2.29. The fourth-order valence-corrected chi connectivity index (χ4v) is 0.825. The van der Waals surface area contributed by atoms with Crippen molar-refractivity contribution in [2.24, 2.45) is 5.73 Å². The van der Waals surface area contributed by atoms with Crippen LogP contribution in [0.2, 0.25) is 0 Å². The van der Waals surface area contributed by atoms with Gasteiger partial charge in [-0.3, -0.25) is 0 Å². The summed E-state index contributed by atoms with van der Waals surface area (Å²) in [5.41, 5.74) is 5.29. The lowest BCUT2D eigenvalue weighted by molar-refractivity contribution is 0.410. The van der Waals surface area contributed by atoms with Gasteiger partial charge in [-0.25, -0.2) is 0 Å². The molecule has 1 rings (SSSR count). The first kappa shape index (κ1) is 8.08. The van der Waals surface area contributed by atoms with E-state index >= 15 is 0 Å². The zero-order chi connectivity index (χ0) is 8.48. The second kappa shape index (κ2) is 2.55. The van der Waals surface area contributed by atoms with Gasteiger partial charge >= 0.3 is 0 Å². The average Bonchev–Trinajstić information content (AvgIpc) is 2.36. The minimum atomic E-state index is -0.547. The first-order chi connectivity index (χ1) is 5.06. The van der Waals surface area contributed by atoms with Crippen LogP contribution in [0.5, 0.6) is 0 Å². The molecular weight excluding hydrogens is 138 g/mol. The van der Waals surface area contributed by atoms with Crippen LogP contribution in [0, 0.1) is 6.92 Å². The Morgan fingerprint density at radius 2 is 2.27 bits per heavy atom. The maximum Gasteiger partial charge on any atom is 0.127 e. The van der Waals surface area contributed by atoms with Gasteiger partial charge in [0.1, 0.15) is 11.5 Å². The van der Waals surface area contributed by atoms with Crippen molar-refractivity contribution in [3.05, 3.63) is 36.3 Å². The first-order valence-electron chi connectivity index (χ1n) is 3.55. The number of aryl methyl sites for hydroxylation is 1. The zero-order valence-electron chi connectivity index (χ0n) is 6.92. The fourth-order valence-electron chi connectivity index (χ4n) is 0.825. The molecule has 0 aliphatic heterocycles. The Morgan fingerprint density at radius 3 is 2.64 bits per heavy atom. The second-order valence-corrected chi connectivity index (χ2v) is 2.90. The van der Waals surface area contributed by atoms with E-state index in [4.69, 9.17) is 10.2 Å². The van der Waals surface area contributed by atoms with Crippen molar-refractivity contribution in [2.45, 2.75) is 19.4 Å². The van der Waals surface area contributed by atoms with E-state index in [0.717, 1.165) is 11.5 Å². The monoisotopic (exact) mass is 151 g/mol. The van der Waals surface area contributed by atoms with Crippen molar-refractivity contribution in [3.63, 3.8) is 0 Å². The summed E-state index contributed by atoms with van der Waals surface area (Å²) in [5, 5.41) is 0. The minimum Gasteiger partial charge on any atom is -0.464 e. The van der Waals surface area contributed by atoms with E-state index in [0.29, 0.717) is 0 Å². The molecule has 1 aromatic rings. The smallest absolute Gasteiger partial charge is 0.127 e. The van der Waals surface area contributed by atoms with E-state index in [9.17, 15) is 0 Å². The summed E-state index contributed by atoms with van der Waals surface area (Å²) in [7, 11) is 0. The van der Waals surface area contributed by atoms with E-state index in [1.54, 1.807) is 6.08 Å². The molecule has 0 spiro atoms. The summed E-state index contributed by atoms with van der Waals surface area (Å²) >= 11 is 0. The Labute approximate surface area is 66.7 Å². The van der Waals surface area contributed by atoms with E-state index in [1.165, 1.54) is 0 Å². The van der Waals surface area contributed by atoms with Crippen molar-refractivity contribution >= 4 is 0 Å². The highest BCUT2D eigenvalue weighted by Gasteiger charge is 2.19. The third-order valence-electron chi connectivity index (χ3n) is 1.70. The Morgan fingerprint density at radius 1 is 1.64 bits per heavy atom. The van der Waals surface area contributed by atoms with E-state index in [1.807, 2.05) is 26.0 Å². The topological polar surface area (TPSA) is 39.2 Å². The van der Waals surface area contributed by atoms with Crippen molar-refractivity contribution in [1.82, 2.24) is 0 Å².